The van der Waals surface area contributed by atoms with Gasteiger partial charge in [-0.2, -0.15) is 0 Å². The lowest BCUT2D eigenvalue weighted by Crippen LogP contribution is -2.04. The fraction of sp³-hybridized carbons (Fsp3) is 0. The Morgan fingerprint density at radius 1 is 1.50 bits per heavy atom. The quantitative estimate of drug-likeness (QED) is 0.497. The summed E-state index contributed by atoms with van der Waals surface area (Å²) in [6.07, 6.45) is 2.56. The number of allylic oxidation sites excluding steroid dienone is 1. The number of carbonyl (C=O) groups is 1. The third-order valence-corrected chi connectivity index (χ3v) is 0.201. The zero-order valence-corrected chi connectivity index (χ0v) is 4.76. The molecule has 0 fully saturated rings. The van der Waals surface area contributed by atoms with Gasteiger partial charge in [-0.3, -0.25) is 4.79 Å². The van der Waals surface area contributed by atoms with Crippen LogP contribution in [0.25, 0.3) is 0 Å². The molecule has 0 aromatic carbocycles. The van der Waals surface area contributed by atoms with E-state index >= 15 is 0 Å². The van der Waals surface area contributed by atoms with Gasteiger partial charge in [-0.05, 0) is 13.0 Å². The average Bonchev–Trinajstić information content (AvgIpc) is 1.69. The normalized spacial score (nSPS) is 5.62. The Morgan fingerprint density at radius 3 is 1.62 bits per heavy atom. The standard InChI is InChI=1S/C3H5NO.C3H5/c1-2-3(4)5;1-3-2/h2H,1H2,(H2,4,5);3H,1-2H2. The second-order valence-corrected chi connectivity index (χ2v) is 0.895. The van der Waals surface area contributed by atoms with E-state index in [0.717, 1.165) is 6.08 Å². The number of hydrogen-bond acceptors (Lipinski definition) is 1. The molecular formula is C6H10NO. The molecule has 0 atom stereocenters. The van der Waals surface area contributed by atoms with Crippen molar-refractivity contribution < 1.29 is 4.79 Å². The number of carbonyl (C=O) groups excluding carboxylic acids is 1. The van der Waals surface area contributed by atoms with Crippen LogP contribution in [0.2, 0.25) is 0 Å². The van der Waals surface area contributed by atoms with Gasteiger partial charge in [0, 0.05) is 0 Å². The molecule has 2 heteroatoms. The van der Waals surface area contributed by atoms with Crippen molar-refractivity contribution in [3.8, 4) is 0 Å². The maximum atomic E-state index is 9.47. The smallest absolute Gasteiger partial charge is 0.240 e. The minimum absolute atomic E-state index is 0.481. The van der Waals surface area contributed by atoms with E-state index < -0.39 is 5.91 Å². The number of amides is 1. The lowest BCUT2D eigenvalue weighted by molar-refractivity contribution is -0.113. The van der Waals surface area contributed by atoms with Crippen LogP contribution >= 0.6 is 0 Å². The van der Waals surface area contributed by atoms with Crippen LogP contribution in [0.5, 0.6) is 0 Å². The summed E-state index contributed by atoms with van der Waals surface area (Å²) in [5.74, 6) is -0.481. The van der Waals surface area contributed by atoms with E-state index in [-0.39, 0.29) is 0 Å². The fourth-order valence-electron chi connectivity index (χ4n) is 0. The van der Waals surface area contributed by atoms with Gasteiger partial charge in [0.1, 0.15) is 0 Å². The van der Waals surface area contributed by atoms with E-state index in [0.29, 0.717) is 0 Å². The third kappa shape index (κ3) is 85.6. The van der Waals surface area contributed by atoms with Gasteiger partial charge in [-0.15, -0.1) is 6.58 Å². The molecule has 0 aliphatic rings. The average molecular weight is 112 g/mol. The molecule has 8 heavy (non-hydrogen) atoms. The largest absolute Gasteiger partial charge is 0.366 e. The predicted molar refractivity (Wildman–Crippen MR) is 34.9 cm³/mol. The molecule has 0 spiro atoms. The fourth-order valence-corrected chi connectivity index (χ4v) is 0. The van der Waals surface area contributed by atoms with Gasteiger partial charge >= 0.3 is 0 Å². The molecule has 2 N–H and O–H groups in total. The van der Waals surface area contributed by atoms with Crippen molar-refractivity contribution in [2.45, 2.75) is 0 Å². The van der Waals surface area contributed by atoms with Gasteiger partial charge < -0.3 is 5.73 Å². The highest BCUT2D eigenvalue weighted by molar-refractivity contribution is 5.84. The van der Waals surface area contributed by atoms with Gasteiger partial charge in [0.2, 0.25) is 5.91 Å². The summed E-state index contributed by atoms with van der Waals surface area (Å²) in [7, 11) is 0. The van der Waals surface area contributed by atoms with E-state index in [4.69, 9.17) is 0 Å². The van der Waals surface area contributed by atoms with E-state index in [1.54, 1.807) is 0 Å². The van der Waals surface area contributed by atoms with Crippen LogP contribution in [-0.4, -0.2) is 5.91 Å². The number of nitrogens with two attached hydrogens (primary N) is 1. The minimum atomic E-state index is -0.481. The second-order valence-electron chi connectivity index (χ2n) is 0.895. The maximum Gasteiger partial charge on any atom is 0.240 e. The van der Waals surface area contributed by atoms with Gasteiger partial charge in [0.25, 0.3) is 0 Å². The lowest BCUT2D eigenvalue weighted by Gasteiger charge is -1.65. The summed E-state index contributed by atoms with van der Waals surface area (Å²) >= 11 is 0. The van der Waals surface area contributed by atoms with Crippen molar-refractivity contribution in [3.05, 3.63) is 32.2 Å². The van der Waals surface area contributed by atoms with Crippen LogP contribution in [0.3, 0.4) is 0 Å². The molecule has 0 aliphatic heterocycles. The zero-order valence-electron chi connectivity index (χ0n) is 4.76. The Hall–Kier alpha value is -1.05. The Kier molecular flexibility index (Phi) is 11.7. The molecule has 0 saturated carbocycles. The summed E-state index contributed by atoms with van der Waals surface area (Å²) in [5.41, 5.74) is 4.53. The lowest BCUT2D eigenvalue weighted by atomic mass is 10.6. The molecule has 0 bridgehead atoms. The van der Waals surface area contributed by atoms with E-state index in [2.05, 4.69) is 25.8 Å². The predicted octanol–water partition coefficient (Wildman–Crippen LogP) is 0.664. The van der Waals surface area contributed by atoms with Crippen LogP contribution < -0.4 is 5.73 Å². The van der Waals surface area contributed by atoms with Crippen LogP contribution in [0.1, 0.15) is 0 Å². The first-order chi connectivity index (χ1) is 3.68. The van der Waals surface area contributed by atoms with Gasteiger partial charge in [-0.25, -0.2) is 0 Å². The van der Waals surface area contributed by atoms with Crippen molar-refractivity contribution in [1.29, 1.82) is 0 Å². The van der Waals surface area contributed by atoms with Gasteiger partial charge in [0.15, 0.2) is 0 Å². The van der Waals surface area contributed by atoms with Crippen molar-refractivity contribution >= 4 is 5.91 Å². The third-order valence-electron chi connectivity index (χ3n) is 0.201. The summed E-state index contributed by atoms with van der Waals surface area (Å²) in [4.78, 5) is 9.47. The van der Waals surface area contributed by atoms with Gasteiger partial charge in [0.05, 0.1) is 0 Å². The first kappa shape index (κ1) is 10.0. The van der Waals surface area contributed by atoms with Crippen molar-refractivity contribution in [3.63, 3.8) is 0 Å². The van der Waals surface area contributed by atoms with Crippen LogP contribution in [0, 0.1) is 6.92 Å². The minimum Gasteiger partial charge on any atom is -0.366 e. The van der Waals surface area contributed by atoms with E-state index in [9.17, 15) is 4.79 Å². The summed E-state index contributed by atoms with van der Waals surface area (Å²) in [6, 6.07) is 0. The zero-order chi connectivity index (χ0) is 6.99. The number of rotatable bonds is 1. The monoisotopic (exact) mass is 112 g/mol. The van der Waals surface area contributed by atoms with E-state index in [1.165, 1.54) is 6.08 Å². The van der Waals surface area contributed by atoms with Crippen molar-refractivity contribution in [1.82, 2.24) is 0 Å². The molecular weight excluding hydrogens is 102 g/mol. The molecule has 1 amide bonds. The van der Waals surface area contributed by atoms with Crippen molar-refractivity contribution in [2.24, 2.45) is 5.73 Å². The molecule has 0 heterocycles. The Labute approximate surface area is 49.7 Å². The van der Waals surface area contributed by atoms with Crippen LogP contribution in [0.15, 0.2) is 25.3 Å². The van der Waals surface area contributed by atoms with Gasteiger partial charge in [-0.1, -0.05) is 12.7 Å². The highest BCUT2D eigenvalue weighted by Crippen LogP contribution is 1.48. The molecule has 0 rings (SSSR count). The van der Waals surface area contributed by atoms with Crippen LogP contribution in [-0.2, 0) is 4.79 Å². The molecule has 45 valence electrons. The summed E-state index contributed by atoms with van der Waals surface area (Å²) in [5, 5.41) is 0. The Balaban J connectivity index is 0. The molecule has 0 aliphatic carbocycles. The molecule has 0 saturated heterocycles. The molecule has 1 radical (unpaired) electrons. The SMILES string of the molecule is C=CC(N)=O.[CH2]C=C. The Morgan fingerprint density at radius 2 is 1.62 bits per heavy atom. The highest BCUT2D eigenvalue weighted by atomic mass is 16.1. The summed E-state index contributed by atoms with van der Waals surface area (Å²) < 4.78 is 0. The molecule has 0 unspecified atom stereocenters. The van der Waals surface area contributed by atoms with Crippen molar-refractivity contribution in [2.75, 3.05) is 0 Å². The molecule has 0 aromatic heterocycles. The number of hydrogen-bond donors (Lipinski definition) is 1. The highest BCUT2D eigenvalue weighted by Gasteiger charge is 1.69. The van der Waals surface area contributed by atoms with Crippen LogP contribution in [0.4, 0.5) is 0 Å². The first-order valence-corrected chi connectivity index (χ1v) is 2.01. The maximum absolute atomic E-state index is 9.47. The summed E-state index contributed by atoms with van der Waals surface area (Å²) in [6.45, 7) is 9.59. The number of primary amides is 1. The molecule has 2 nitrogen and oxygen atoms in total. The topological polar surface area (TPSA) is 43.1 Å². The Bertz CT molecular complexity index is 86.5. The molecule has 0 aromatic rings. The second kappa shape index (κ2) is 9.34. The van der Waals surface area contributed by atoms with E-state index in [1.807, 2.05) is 0 Å². The first-order valence-electron chi connectivity index (χ1n) is 2.01.